The molecule has 8 heteroatoms. The van der Waals surface area contributed by atoms with Crippen LogP contribution in [0.2, 0.25) is 0 Å². The van der Waals surface area contributed by atoms with E-state index in [0.717, 1.165) is 29.0 Å². The van der Waals surface area contributed by atoms with E-state index < -0.39 is 17.9 Å². The third-order valence-electron chi connectivity index (χ3n) is 6.23. The summed E-state index contributed by atoms with van der Waals surface area (Å²) in [4.78, 5) is 34.9. The molecule has 0 fully saturated rings. The number of hydrogen-bond donors (Lipinski definition) is 0. The topological polar surface area (TPSA) is 97.4 Å². The van der Waals surface area contributed by atoms with Gasteiger partial charge in [-0.2, -0.15) is 0 Å². The number of rotatable bonds is 18. The molecule has 45 heavy (non-hydrogen) atoms. The van der Waals surface area contributed by atoms with Gasteiger partial charge >= 0.3 is 17.9 Å². The molecule has 0 radical (unpaired) electrons. The maximum absolute atomic E-state index is 12.5. The van der Waals surface area contributed by atoms with Gasteiger partial charge in [-0.05, 0) is 77.6 Å². The average molecular weight is 609 g/mol. The summed E-state index contributed by atoms with van der Waals surface area (Å²) in [6, 6.07) is 22.1. The van der Waals surface area contributed by atoms with Crippen LogP contribution in [0, 0.1) is 0 Å². The lowest BCUT2D eigenvalue weighted by Crippen LogP contribution is -2.09. The molecule has 3 aromatic rings. The van der Waals surface area contributed by atoms with Crippen LogP contribution in [0.5, 0.6) is 17.2 Å². The SMILES string of the molecule is C=COC(=O)CCOc1ccc(-c2ccc(C(=C)/C=C\C(=C)C(=O)Oc3ccc(OCCCCOC(=O)C=C)cc3)cc2)cc1. The Kier molecular flexibility index (Phi) is 13.6. The predicted molar refractivity (Wildman–Crippen MR) is 174 cm³/mol. The van der Waals surface area contributed by atoms with Crippen molar-refractivity contribution in [3.63, 3.8) is 0 Å². The van der Waals surface area contributed by atoms with Crippen LogP contribution in [-0.2, 0) is 23.9 Å². The molecule has 232 valence electrons. The third kappa shape index (κ3) is 11.9. The van der Waals surface area contributed by atoms with E-state index in [4.69, 9.17) is 18.9 Å². The Labute approximate surface area is 263 Å². The van der Waals surface area contributed by atoms with E-state index in [1.807, 2.05) is 48.5 Å². The second kappa shape index (κ2) is 18.1. The van der Waals surface area contributed by atoms with Crippen LogP contribution in [0.3, 0.4) is 0 Å². The lowest BCUT2D eigenvalue weighted by Gasteiger charge is -2.08. The fraction of sp³-hybridized carbons (Fsp3) is 0.162. The first kappa shape index (κ1) is 33.9. The highest BCUT2D eigenvalue weighted by molar-refractivity contribution is 5.93. The second-order valence-corrected chi connectivity index (χ2v) is 9.53. The zero-order valence-electron chi connectivity index (χ0n) is 25.1. The quantitative estimate of drug-likeness (QED) is 0.0367. The van der Waals surface area contributed by atoms with Crippen molar-refractivity contribution in [2.75, 3.05) is 19.8 Å². The minimum absolute atomic E-state index is 0.133. The maximum Gasteiger partial charge on any atom is 0.342 e. The fourth-order valence-electron chi connectivity index (χ4n) is 3.79. The van der Waals surface area contributed by atoms with Crippen LogP contribution in [0.1, 0.15) is 24.8 Å². The van der Waals surface area contributed by atoms with Gasteiger partial charge in [0, 0.05) is 6.08 Å². The predicted octanol–water partition coefficient (Wildman–Crippen LogP) is 7.43. The molecule has 0 aliphatic rings. The fourth-order valence-corrected chi connectivity index (χ4v) is 3.79. The summed E-state index contributed by atoms with van der Waals surface area (Å²) in [5.41, 5.74) is 3.77. The molecule has 8 nitrogen and oxygen atoms in total. The molecule has 3 aromatic carbocycles. The van der Waals surface area contributed by atoms with Gasteiger partial charge in [0.2, 0.25) is 0 Å². The van der Waals surface area contributed by atoms with Crippen LogP contribution in [0.4, 0.5) is 0 Å². The van der Waals surface area contributed by atoms with Crippen LogP contribution in [-0.4, -0.2) is 37.7 Å². The van der Waals surface area contributed by atoms with Crippen molar-refractivity contribution in [1.82, 2.24) is 0 Å². The van der Waals surface area contributed by atoms with Gasteiger partial charge in [0.05, 0.1) is 38.1 Å². The number of benzene rings is 3. The molecule has 0 bridgehead atoms. The first-order chi connectivity index (χ1) is 21.8. The molecule has 0 atom stereocenters. The summed E-state index contributed by atoms with van der Waals surface area (Å²) in [5.74, 6) is 0.225. The Morgan fingerprint density at radius 3 is 1.84 bits per heavy atom. The Morgan fingerprint density at radius 1 is 0.667 bits per heavy atom. The zero-order valence-corrected chi connectivity index (χ0v) is 25.1. The Balaban J connectivity index is 1.42. The van der Waals surface area contributed by atoms with Crippen molar-refractivity contribution >= 4 is 23.5 Å². The second-order valence-electron chi connectivity index (χ2n) is 9.53. The molecule has 0 spiro atoms. The first-order valence-electron chi connectivity index (χ1n) is 14.2. The Bertz CT molecular complexity index is 1510. The van der Waals surface area contributed by atoms with Gasteiger partial charge in [-0.15, -0.1) is 0 Å². The van der Waals surface area contributed by atoms with Crippen molar-refractivity contribution in [1.29, 1.82) is 0 Å². The normalized spacial score (nSPS) is 10.4. The Hall–Kier alpha value is -5.63. The van der Waals surface area contributed by atoms with Crippen LogP contribution < -0.4 is 14.2 Å². The summed E-state index contributed by atoms with van der Waals surface area (Å²) in [7, 11) is 0. The van der Waals surface area contributed by atoms with E-state index in [0.29, 0.717) is 48.9 Å². The van der Waals surface area contributed by atoms with Gasteiger partial charge in [-0.3, -0.25) is 4.79 Å². The van der Waals surface area contributed by atoms with E-state index in [1.54, 1.807) is 36.4 Å². The minimum Gasteiger partial charge on any atom is -0.494 e. The number of ether oxygens (including phenoxy) is 5. The van der Waals surface area contributed by atoms with Gasteiger partial charge in [-0.25, -0.2) is 9.59 Å². The average Bonchev–Trinajstić information content (AvgIpc) is 3.06. The standard InChI is InChI=1S/C37H36O8/c1-5-35(38)44-25-8-7-24-42-33-19-21-34(22-20-33)45-37(40)28(4)10-9-27(3)29-11-13-30(14-12-29)31-15-17-32(18-16-31)43-26-23-36(39)41-6-2/h5-6,9-22H,1-4,7-8,23-26H2/b10-9-. The number of hydrogen-bond acceptors (Lipinski definition) is 8. The zero-order chi connectivity index (χ0) is 32.4. The van der Waals surface area contributed by atoms with Crippen LogP contribution in [0.25, 0.3) is 16.7 Å². The minimum atomic E-state index is -0.582. The highest BCUT2D eigenvalue weighted by Gasteiger charge is 2.09. The molecule has 0 aliphatic heterocycles. The third-order valence-corrected chi connectivity index (χ3v) is 6.23. The van der Waals surface area contributed by atoms with Gasteiger partial charge in [0.1, 0.15) is 17.2 Å². The number of unbranched alkanes of at least 4 members (excludes halogenated alkanes) is 1. The van der Waals surface area contributed by atoms with Gasteiger partial charge in [0.15, 0.2) is 0 Å². The van der Waals surface area contributed by atoms with Crippen molar-refractivity contribution < 1.29 is 38.1 Å². The lowest BCUT2D eigenvalue weighted by molar-refractivity contribution is -0.139. The van der Waals surface area contributed by atoms with Crippen molar-refractivity contribution in [3.05, 3.63) is 135 Å². The molecule has 0 amide bonds. The van der Waals surface area contributed by atoms with E-state index >= 15 is 0 Å². The van der Waals surface area contributed by atoms with Crippen molar-refractivity contribution in [2.45, 2.75) is 19.3 Å². The summed E-state index contributed by atoms with van der Waals surface area (Å²) in [5, 5.41) is 0. The van der Waals surface area contributed by atoms with E-state index in [9.17, 15) is 14.4 Å². The summed E-state index contributed by atoms with van der Waals surface area (Å²) in [6.45, 7) is 15.6. The van der Waals surface area contributed by atoms with Crippen LogP contribution >= 0.6 is 0 Å². The highest BCUT2D eigenvalue weighted by atomic mass is 16.5. The maximum atomic E-state index is 12.5. The number of carbonyl (C=O) groups is 3. The first-order valence-corrected chi connectivity index (χ1v) is 14.2. The largest absolute Gasteiger partial charge is 0.494 e. The lowest BCUT2D eigenvalue weighted by atomic mass is 10.0. The molecular formula is C37H36O8. The van der Waals surface area contributed by atoms with Crippen LogP contribution in [0.15, 0.2) is 129 Å². The van der Waals surface area contributed by atoms with E-state index in [-0.39, 0.29) is 18.6 Å². The molecular weight excluding hydrogens is 572 g/mol. The smallest absolute Gasteiger partial charge is 0.342 e. The summed E-state index contributed by atoms with van der Waals surface area (Å²) >= 11 is 0. The van der Waals surface area contributed by atoms with E-state index in [2.05, 4.69) is 31.1 Å². The van der Waals surface area contributed by atoms with Gasteiger partial charge in [0.25, 0.3) is 0 Å². The molecule has 0 saturated heterocycles. The molecule has 0 aliphatic carbocycles. The van der Waals surface area contributed by atoms with E-state index in [1.165, 1.54) is 0 Å². The van der Waals surface area contributed by atoms with Gasteiger partial charge < -0.3 is 23.7 Å². The van der Waals surface area contributed by atoms with Gasteiger partial charge in [-0.1, -0.05) is 68.8 Å². The monoisotopic (exact) mass is 608 g/mol. The van der Waals surface area contributed by atoms with Crippen molar-refractivity contribution in [2.24, 2.45) is 0 Å². The molecule has 0 heterocycles. The summed E-state index contributed by atoms with van der Waals surface area (Å²) < 4.78 is 26.2. The molecule has 3 rings (SSSR count). The van der Waals surface area contributed by atoms with Crippen molar-refractivity contribution in [3.8, 4) is 28.4 Å². The summed E-state index contributed by atoms with van der Waals surface area (Å²) in [6.07, 6.45) is 7.03. The molecule has 0 N–H and O–H groups in total. The number of esters is 3. The Morgan fingerprint density at radius 2 is 1.22 bits per heavy atom. The number of allylic oxidation sites excluding steroid dienone is 2. The highest BCUT2D eigenvalue weighted by Crippen LogP contribution is 2.25. The molecule has 0 unspecified atom stereocenters. The molecule has 0 saturated carbocycles. The number of carbonyl (C=O) groups excluding carboxylic acids is 3. The molecule has 0 aromatic heterocycles.